The maximum Gasteiger partial charge on any atom is 0.336 e. The monoisotopic (exact) mass is 518 g/mol. The van der Waals surface area contributed by atoms with Crippen molar-refractivity contribution >= 4 is 23.5 Å². The number of aryl methyl sites for hydroxylation is 3. The smallest absolute Gasteiger partial charge is 0.336 e. The fraction of sp³-hybridized carbons (Fsp3) is 0.379. The van der Waals surface area contributed by atoms with E-state index in [1.54, 1.807) is 20.0 Å². The summed E-state index contributed by atoms with van der Waals surface area (Å²) in [5.74, 6) is 1.43. The molecule has 0 saturated carbocycles. The summed E-state index contributed by atoms with van der Waals surface area (Å²) in [6, 6.07) is 11.3. The maximum atomic E-state index is 12.6. The zero-order valence-corrected chi connectivity index (χ0v) is 22.1. The Morgan fingerprint density at radius 1 is 1.13 bits per heavy atom. The number of aromatic carboxylic acids is 1. The lowest BCUT2D eigenvalue weighted by molar-refractivity contribution is -0.116. The van der Waals surface area contributed by atoms with Crippen molar-refractivity contribution in [2.45, 2.75) is 52.6 Å². The van der Waals surface area contributed by atoms with Gasteiger partial charge in [-0.1, -0.05) is 24.3 Å². The molecule has 9 heteroatoms. The number of amides is 1. The van der Waals surface area contributed by atoms with E-state index in [0.29, 0.717) is 47.9 Å². The number of benzene rings is 2. The van der Waals surface area contributed by atoms with Crippen molar-refractivity contribution < 1.29 is 24.2 Å². The van der Waals surface area contributed by atoms with Crippen LogP contribution in [0.1, 0.15) is 53.2 Å². The topological polar surface area (TPSA) is 114 Å². The van der Waals surface area contributed by atoms with E-state index in [1.807, 2.05) is 43.3 Å². The van der Waals surface area contributed by atoms with Crippen molar-refractivity contribution in [2.75, 3.05) is 29.9 Å². The van der Waals surface area contributed by atoms with Crippen molar-refractivity contribution in [3.63, 3.8) is 0 Å². The molecule has 0 radical (unpaired) electrons. The molecule has 0 aliphatic carbocycles. The van der Waals surface area contributed by atoms with Gasteiger partial charge in [-0.2, -0.15) is 0 Å². The van der Waals surface area contributed by atoms with Gasteiger partial charge in [-0.05, 0) is 68.9 Å². The SMILES string of the molecule is CCOc1ccccc1O[C@@H]1CCCN(c2cncc(NC(=O)CCc3cc(C)c(C(=O)O)c(C)c3)n2)C1. The average molecular weight is 519 g/mol. The van der Waals surface area contributed by atoms with Crippen LogP contribution in [0.25, 0.3) is 0 Å². The lowest BCUT2D eigenvalue weighted by atomic mass is 9.97. The van der Waals surface area contributed by atoms with Crippen LogP contribution in [0.15, 0.2) is 48.8 Å². The number of aromatic nitrogens is 2. The van der Waals surface area contributed by atoms with Gasteiger partial charge in [0.05, 0.1) is 31.1 Å². The largest absolute Gasteiger partial charge is 0.490 e. The normalized spacial score (nSPS) is 15.1. The van der Waals surface area contributed by atoms with Gasteiger partial charge in [0.15, 0.2) is 17.3 Å². The molecule has 3 aromatic rings. The van der Waals surface area contributed by atoms with Gasteiger partial charge in [0.25, 0.3) is 0 Å². The summed E-state index contributed by atoms with van der Waals surface area (Å²) in [6.07, 6.45) is 5.82. The first kappa shape index (κ1) is 26.9. The number of para-hydroxylation sites is 2. The van der Waals surface area contributed by atoms with E-state index < -0.39 is 5.97 Å². The summed E-state index contributed by atoms with van der Waals surface area (Å²) in [6.45, 7) is 7.54. The number of carboxylic acid groups (broad SMARTS) is 1. The number of carbonyl (C=O) groups is 2. The van der Waals surface area contributed by atoms with Crippen LogP contribution in [0.3, 0.4) is 0 Å². The highest BCUT2D eigenvalue weighted by Crippen LogP contribution is 2.30. The number of anilines is 2. The van der Waals surface area contributed by atoms with Crippen LogP contribution in [-0.2, 0) is 11.2 Å². The summed E-state index contributed by atoms with van der Waals surface area (Å²) in [5.41, 5.74) is 2.62. The molecular weight excluding hydrogens is 484 g/mol. The molecule has 1 saturated heterocycles. The van der Waals surface area contributed by atoms with Crippen LogP contribution in [0.4, 0.5) is 11.6 Å². The number of nitrogens with zero attached hydrogens (tertiary/aromatic N) is 3. The lowest BCUT2D eigenvalue weighted by Crippen LogP contribution is -2.41. The van der Waals surface area contributed by atoms with Crippen molar-refractivity contribution in [1.82, 2.24) is 9.97 Å². The zero-order chi connectivity index (χ0) is 27.1. The minimum atomic E-state index is -0.940. The van der Waals surface area contributed by atoms with Gasteiger partial charge in [-0.15, -0.1) is 0 Å². The molecule has 1 aliphatic rings. The Labute approximate surface area is 222 Å². The van der Waals surface area contributed by atoms with Crippen molar-refractivity contribution in [3.8, 4) is 11.5 Å². The summed E-state index contributed by atoms with van der Waals surface area (Å²) in [4.78, 5) is 35.1. The number of carbonyl (C=O) groups excluding carboxylic acids is 1. The van der Waals surface area contributed by atoms with Crippen molar-refractivity contribution in [3.05, 3.63) is 71.0 Å². The third-order valence-corrected chi connectivity index (χ3v) is 6.48. The number of carboxylic acids is 1. The molecule has 1 fully saturated rings. The van der Waals surface area contributed by atoms with Gasteiger partial charge < -0.3 is 24.8 Å². The van der Waals surface area contributed by atoms with Crippen LogP contribution < -0.4 is 19.7 Å². The highest BCUT2D eigenvalue weighted by molar-refractivity contribution is 5.91. The molecule has 1 atom stereocenters. The zero-order valence-electron chi connectivity index (χ0n) is 22.1. The molecule has 2 heterocycles. The van der Waals surface area contributed by atoms with Crippen molar-refractivity contribution in [1.29, 1.82) is 0 Å². The molecule has 200 valence electrons. The highest BCUT2D eigenvalue weighted by Gasteiger charge is 2.24. The summed E-state index contributed by atoms with van der Waals surface area (Å²) in [7, 11) is 0. The maximum absolute atomic E-state index is 12.6. The average Bonchev–Trinajstić information content (AvgIpc) is 2.88. The van der Waals surface area contributed by atoms with Gasteiger partial charge in [0.1, 0.15) is 11.9 Å². The quantitative estimate of drug-likeness (QED) is 0.393. The first-order valence-electron chi connectivity index (χ1n) is 12.9. The van der Waals surface area contributed by atoms with E-state index in [1.165, 1.54) is 6.20 Å². The lowest BCUT2D eigenvalue weighted by Gasteiger charge is -2.33. The van der Waals surface area contributed by atoms with E-state index in [9.17, 15) is 14.7 Å². The van der Waals surface area contributed by atoms with E-state index in [2.05, 4.69) is 20.2 Å². The Balaban J connectivity index is 1.35. The molecule has 1 amide bonds. The summed E-state index contributed by atoms with van der Waals surface area (Å²) >= 11 is 0. The summed E-state index contributed by atoms with van der Waals surface area (Å²) < 4.78 is 12.0. The molecule has 9 nitrogen and oxygen atoms in total. The highest BCUT2D eigenvalue weighted by atomic mass is 16.5. The Morgan fingerprint density at radius 2 is 1.87 bits per heavy atom. The second-order valence-electron chi connectivity index (χ2n) is 9.43. The van der Waals surface area contributed by atoms with Crippen LogP contribution >= 0.6 is 0 Å². The predicted octanol–water partition coefficient (Wildman–Crippen LogP) is 4.81. The molecule has 0 spiro atoms. The Kier molecular flexibility index (Phi) is 8.78. The third-order valence-electron chi connectivity index (χ3n) is 6.48. The fourth-order valence-corrected chi connectivity index (χ4v) is 4.81. The van der Waals surface area contributed by atoms with E-state index in [0.717, 1.165) is 36.4 Å². The van der Waals surface area contributed by atoms with Crippen LogP contribution in [0, 0.1) is 13.8 Å². The summed E-state index contributed by atoms with van der Waals surface area (Å²) in [5, 5.41) is 12.2. The molecule has 38 heavy (non-hydrogen) atoms. The predicted molar refractivity (Wildman–Crippen MR) is 145 cm³/mol. The molecule has 1 aromatic heterocycles. The van der Waals surface area contributed by atoms with E-state index in [4.69, 9.17) is 9.47 Å². The molecule has 4 rings (SSSR count). The van der Waals surface area contributed by atoms with Gasteiger partial charge in [0.2, 0.25) is 5.91 Å². The number of ether oxygens (including phenoxy) is 2. The number of hydrogen-bond donors (Lipinski definition) is 2. The Bertz CT molecular complexity index is 1270. The third kappa shape index (κ3) is 6.79. The Hall–Kier alpha value is -4.14. The fourth-order valence-electron chi connectivity index (χ4n) is 4.81. The number of nitrogens with one attached hydrogen (secondary N) is 1. The molecule has 0 bridgehead atoms. The number of piperidine rings is 1. The van der Waals surface area contributed by atoms with E-state index in [-0.39, 0.29) is 18.4 Å². The van der Waals surface area contributed by atoms with Crippen molar-refractivity contribution in [2.24, 2.45) is 0 Å². The number of rotatable bonds is 10. The van der Waals surface area contributed by atoms with Gasteiger partial charge in [0, 0.05) is 13.0 Å². The first-order valence-corrected chi connectivity index (χ1v) is 12.9. The molecular formula is C29H34N4O5. The van der Waals surface area contributed by atoms with Crippen LogP contribution in [0.2, 0.25) is 0 Å². The second-order valence-corrected chi connectivity index (χ2v) is 9.43. The minimum Gasteiger partial charge on any atom is -0.490 e. The van der Waals surface area contributed by atoms with Crippen LogP contribution in [0.5, 0.6) is 11.5 Å². The standard InChI is InChI=1S/C29H34N4O5/c1-4-37-23-9-5-6-10-24(23)38-22-8-7-13-33(18-22)26-17-30-16-25(31-26)32-27(34)12-11-21-14-19(2)28(29(35)36)20(3)15-21/h5-6,9-10,14-17,22H,4,7-8,11-13,18H2,1-3H3,(H,35,36)(H,31,32,34)/t22-/m1/s1. The van der Waals surface area contributed by atoms with E-state index >= 15 is 0 Å². The minimum absolute atomic E-state index is 0.0233. The Morgan fingerprint density at radius 3 is 2.58 bits per heavy atom. The second kappa shape index (κ2) is 12.4. The van der Waals surface area contributed by atoms with Gasteiger partial charge in [-0.25, -0.2) is 9.78 Å². The molecule has 2 N–H and O–H groups in total. The van der Waals surface area contributed by atoms with Crippen LogP contribution in [-0.4, -0.2) is 52.8 Å². The molecule has 2 aromatic carbocycles. The van der Waals surface area contributed by atoms with Gasteiger partial charge in [-0.3, -0.25) is 9.78 Å². The molecule has 0 unspecified atom stereocenters. The molecule has 1 aliphatic heterocycles. The number of hydrogen-bond acceptors (Lipinski definition) is 7. The first-order chi connectivity index (χ1) is 18.3. The van der Waals surface area contributed by atoms with Gasteiger partial charge >= 0.3 is 5.97 Å².